The van der Waals surface area contributed by atoms with Crippen LogP contribution in [-0.4, -0.2) is 11.0 Å². The summed E-state index contributed by atoms with van der Waals surface area (Å²) in [6.07, 6.45) is 5.09. The van der Waals surface area contributed by atoms with E-state index in [1.165, 1.54) is 25.7 Å². The third-order valence-corrected chi connectivity index (χ3v) is 4.51. The van der Waals surface area contributed by atoms with Crippen LogP contribution in [0, 0.1) is 23.0 Å². The average Bonchev–Trinajstić information content (AvgIpc) is 2.41. The lowest BCUT2D eigenvalue weighted by Gasteiger charge is -2.32. The zero-order valence-corrected chi connectivity index (χ0v) is 12.6. The SMILES string of the molecule is Cc1ccc(C(C)NC2CCCCC2C)cc1[N+](=O)[O-]. The highest BCUT2D eigenvalue weighted by atomic mass is 16.6. The van der Waals surface area contributed by atoms with Crippen molar-refractivity contribution in [3.05, 3.63) is 39.4 Å². The summed E-state index contributed by atoms with van der Waals surface area (Å²) in [5.74, 6) is 0.687. The first kappa shape index (κ1) is 15.0. The van der Waals surface area contributed by atoms with Gasteiger partial charge in [0.1, 0.15) is 0 Å². The summed E-state index contributed by atoms with van der Waals surface area (Å²) >= 11 is 0. The molecule has 0 saturated heterocycles. The molecular formula is C16H24N2O2. The first-order valence-corrected chi connectivity index (χ1v) is 7.50. The van der Waals surface area contributed by atoms with Crippen LogP contribution in [0.15, 0.2) is 18.2 Å². The van der Waals surface area contributed by atoms with Gasteiger partial charge in [-0.05, 0) is 38.2 Å². The minimum absolute atomic E-state index is 0.153. The summed E-state index contributed by atoms with van der Waals surface area (Å²) in [4.78, 5) is 10.7. The zero-order chi connectivity index (χ0) is 14.7. The zero-order valence-electron chi connectivity index (χ0n) is 12.6. The first-order chi connectivity index (χ1) is 9.49. The van der Waals surface area contributed by atoms with Gasteiger partial charge in [0, 0.05) is 23.7 Å². The van der Waals surface area contributed by atoms with Gasteiger partial charge in [-0.15, -0.1) is 0 Å². The van der Waals surface area contributed by atoms with Crippen molar-refractivity contribution in [2.24, 2.45) is 5.92 Å². The topological polar surface area (TPSA) is 55.2 Å². The number of nitrogens with zero attached hydrogens (tertiary/aromatic N) is 1. The van der Waals surface area contributed by atoms with E-state index in [0.717, 1.165) is 11.1 Å². The third-order valence-electron chi connectivity index (χ3n) is 4.51. The van der Waals surface area contributed by atoms with Crippen molar-refractivity contribution in [1.29, 1.82) is 0 Å². The Morgan fingerprint density at radius 1 is 1.35 bits per heavy atom. The Morgan fingerprint density at radius 2 is 2.05 bits per heavy atom. The molecule has 1 aromatic carbocycles. The number of hydrogen-bond acceptors (Lipinski definition) is 3. The lowest BCUT2D eigenvalue weighted by molar-refractivity contribution is -0.385. The molecule has 0 bridgehead atoms. The Bertz CT molecular complexity index is 487. The first-order valence-electron chi connectivity index (χ1n) is 7.50. The molecule has 110 valence electrons. The maximum absolute atomic E-state index is 11.0. The van der Waals surface area contributed by atoms with E-state index in [0.29, 0.717) is 12.0 Å². The van der Waals surface area contributed by atoms with Crippen LogP contribution in [0.2, 0.25) is 0 Å². The number of nitro benzene ring substituents is 1. The van der Waals surface area contributed by atoms with Crippen LogP contribution in [-0.2, 0) is 0 Å². The van der Waals surface area contributed by atoms with Gasteiger partial charge in [-0.25, -0.2) is 0 Å². The quantitative estimate of drug-likeness (QED) is 0.664. The van der Waals surface area contributed by atoms with Gasteiger partial charge < -0.3 is 5.32 Å². The van der Waals surface area contributed by atoms with E-state index in [9.17, 15) is 10.1 Å². The summed E-state index contributed by atoms with van der Waals surface area (Å²) in [5.41, 5.74) is 1.94. The number of aryl methyl sites for hydroxylation is 1. The molecule has 1 aliphatic rings. The van der Waals surface area contributed by atoms with Crippen molar-refractivity contribution >= 4 is 5.69 Å². The molecule has 1 saturated carbocycles. The molecule has 0 radical (unpaired) electrons. The highest BCUT2D eigenvalue weighted by Gasteiger charge is 2.23. The van der Waals surface area contributed by atoms with E-state index >= 15 is 0 Å². The van der Waals surface area contributed by atoms with E-state index < -0.39 is 0 Å². The average molecular weight is 276 g/mol. The number of rotatable bonds is 4. The van der Waals surface area contributed by atoms with Gasteiger partial charge in [-0.1, -0.05) is 31.9 Å². The molecule has 0 aromatic heterocycles. The van der Waals surface area contributed by atoms with Crippen molar-refractivity contribution in [2.45, 2.75) is 58.5 Å². The fraction of sp³-hybridized carbons (Fsp3) is 0.625. The lowest BCUT2D eigenvalue weighted by atomic mass is 9.85. The van der Waals surface area contributed by atoms with E-state index in [1.54, 1.807) is 13.0 Å². The molecule has 0 amide bonds. The van der Waals surface area contributed by atoms with E-state index in [2.05, 4.69) is 19.2 Å². The minimum Gasteiger partial charge on any atom is -0.307 e. The predicted octanol–water partition coefficient (Wildman–Crippen LogP) is 4.13. The maximum Gasteiger partial charge on any atom is 0.272 e. The maximum atomic E-state index is 11.0. The van der Waals surface area contributed by atoms with Crippen LogP contribution in [0.3, 0.4) is 0 Å². The van der Waals surface area contributed by atoms with Gasteiger partial charge in [0.15, 0.2) is 0 Å². The normalized spacial score (nSPS) is 24.4. The van der Waals surface area contributed by atoms with E-state index in [1.807, 2.05) is 12.1 Å². The van der Waals surface area contributed by atoms with Crippen molar-refractivity contribution in [3.63, 3.8) is 0 Å². The molecule has 1 fully saturated rings. The molecule has 3 atom stereocenters. The molecule has 3 unspecified atom stereocenters. The van der Waals surface area contributed by atoms with Gasteiger partial charge in [0.05, 0.1) is 4.92 Å². The molecule has 1 aliphatic carbocycles. The molecule has 0 aliphatic heterocycles. The summed E-state index contributed by atoms with van der Waals surface area (Å²) in [6.45, 7) is 6.17. The van der Waals surface area contributed by atoms with Crippen LogP contribution >= 0.6 is 0 Å². The Morgan fingerprint density at radius 3 is 2.70 bits per heavy atom. The van der Waals surface area contributed by atoms with Crippen molar-refractivity contribution < 1.29 is 4.92 Å². The molecule has 4 nitrogen and oxygen atoms in total. The second kappa shape index (κ2) is 6.35. The predicted molar refractivity (Wildman–Crippen MR) is 80.8 cm³/mol. The molecule has 1 N–H and O–H groups in total. The Hall–Kier alpha value is -1.42. The van der Waals surface area contributed by atoms with E-state index in [-0.39, 0.29) is 16.7 Å². The van der Waals surface area contributed by atoms with Gasteiger partial charge in [0.2, 0.25) is 0 Å². The number of nitrogens with one attached hydrogen (secondary N) is 1. The van der Waals surface area contributed by atoms with E-state index in [4.69, 9.17) is 0 Å². The molecule has 20 heavy (non-hydrogen) atoms. The Balaban J connectivity index is 2.10. The van der Waals surface area contributed by atoms with Crippen LogP contribution in [0.4, 0.5) is 5.69 Å². The molecule has 2 rings (SSSR count). The molecule has 4 heteroatoms. The summed E-state index contributed by atoms with van der Waals surface area (Å²) in [6, 6.07) is 6.23. The molecule has 0 spiro atoms. The van der Waals surface area contributed by atoms with Crippen molar-refractivity contribution in [2.75, 3.05) is 0 Å². The van der Waals surface area contributed by atoms with Crippen molar-refractivity contribution in [3.8, 4) is 0 Å². The second-order valence-corrected chi connectivity index (χ2v) is 6.06. The number of hydrogen-bond donors (Lipinski definition) is 1. The highest BCUT2D eigenvalue weighted by molar-refractivity contribution is 5.43. The highest BCUT2D eigenvalue weighted by Crippen LogP contribution is 2.28. The summed E-state index contributed by atoms with van der Waals surface area (Å²) in [5, 5.41) is 14.7. The summed E-state index contributed by atoms with van der Waals surface area (Å²) in [7, 11) is 0. The van der Waals surface area contributed by atoms with Crippen LogP contribution in [0.1, 0.15) is 56.7 Å². The van der Waals surface area contributed by atoms with Gasteiger partial charge >= 0.3 is 0 Å². The largest absolute Gasteiger partial charge is 0.307 e. The van der Waals surface area contributed by atoms with Crippen molar-refractivity contribution in [1.82, 2.24) is 5.32 Å². The standard InChI is InChI=1S/C16H24N2O2/c1-11-6-4-5-7-15(11)17-13(3)14-9-8-12(2)16(10-14)18(19)20/h8-11,13,15,17H,4-7H2,1-3H3. The van der Waals surface area contributed by atoms with Gasteiger partial charge in [-0.3, -0.25) is 10.1 Å². The summed E-state index contributed by atoms with van der Waals surface area (Å²) < 4.78 is 0. The van der Waals surface area contributed by atoms with Crippen LogP contribution in [0.25, 0.3) is 0 Å². The van der Waals surface area contributed by atoms with Crippen LogP contribution in [0.5, 0.6) is 0 Å². The monoisotopic (exact) mass is 276 g/mol. The fourth-order valence-corrected chi connectivity index (χ4v) is 3.07. The molecular weight excluding hydrogens is 252 g/mol. The Kier molecular flexibility index (Phi) is 4.76. The second-order valence-electron chi connectivity index (χ2n) is 6.06. The minimum atomic E-state index is -0.297. The Labute approximate surface area is 120 Å². The molecule has 0 heterocycles. The third kappa shape index (κ3) is 3.37. The lowest BCUT2D eigenvalue weighted by Crippen LogP contribution is -2.38. The van der Waals surface area contributed by atoms with Crippen LogP contribution < -0.4 is 5.32 Å². The van der Waals surface area contributed by atoms with Gasteiger partial charge in [-0.2, -0.15) is 0 Å². The van der Waals surface area contributed by atoms with Gasteiger partial charge in [0.25, 0.3) is 5.69 Å². The number of nitro groups is 1. The smallest absolute Gasteiger partial charge is 0.272 e. The number of benzene rings is 1. The molecule has 1 aromatic rings. The fourth-order valence-electron chi connectivity index (χ4n) is 3.07.